The molecule has 17 nitrogen and oxygen atoms in total. The number of fused-ring (bicyclic) bond motifs is 1. The van der Waals surface area contributed by atoms with E-state index in [1.807, 2.05) is 30.3 Å². The smallest absolute Gasteiger partial charge is 0.293 e. The number of carbonyl (C=O) groups is 2. The Balaban J connectivity index is 1.38. The number of tetrazole rings is 1. The highest BCUT2D eigenvalue weighted by atomic mass is 16.6. The molecule has 17 heteroatoms. The second kappa shape index (κ2) is 13.5. The zero-order chi connectivity index (χ0) is 31.3. The van der Waals surface area contributed by atoms with Crippen molar-refractivity contribution in [1.82, 2.24) is 39.7 Å². The molecule has 0 radical (unpaired) electrons. The van der Waals surface area contributed by atoms with Gasteiger partial charge in [0.25, 0.3) is 12.9 Å². The van der Waals surface area contributed by atoms with Gasteiger partial charge in [0.05, 0.1) is 26.0 Å². The molecule has 1 aliphatic heterocycles. The zero-order valence-corrected chi connectivity index (χ0v) is 24.5. The Morgan fingerprint density at radius 2 is 1.87 bits per heavy atom. The van der Waals surface area contributed by atoms with E-state index in [1.54, 1.807) is 11.6 Å². The van der Waals surface area contributed by atoms with Gasteiger partial charge in [0.1, 0.15) is 0 Å². The van der Waals surface area contributed by atoms with E-state index in [-0.39, 0.29) is 43.5 Å². The number of hydrogen-bond acceptors (Lipinski definition) is 15. The highest BCUT2D eigenvalue weighted by molar-refractivity contribution is 5.84. The minimum absolute atomic E-state index is 0.107. The Morgan fingerprint density at radius 1 is 1.11 bits per heavy atom. The normalized spacial score (nSPS) is 25.5. The largest absolute Gasteiger partial charge is 0.457 e. The molecule has 1 saturated heterocycles. The van der Waals surface area contributed by atoms with Crippen LogP contribution in [-0.4, -0.2) is 94.7 Å². The summed E-state index contributed by atoms with van der Waals surface area (Å²) < 4.78 is 18.6. The molecule has 0 unspecified atom stereocenters. The maximum atomic E-state index is 11.6. The summed E-state index contributed by atoms with van der Waals surface area (Å²) >= 11 is 0. The molecule has 2 aliphatic rings. The summed E-state index contributed by atoms with van der Waals surface area (Å²) in [6.45, 7) is 0.339. The third-order valence-corrected chi connectivity index (χ3v) is 8.08. The van der Waals surface area contributed by atoms with E-state index in [9.17, 15) is 14.7 Å². The Morgan fingerprint density at radius 3 is 2.56 bits per heavy atom. The van der Waals surface area contributed by atoms with E-state index in [0.717, 1.165) is 31.2 Å². The van der Waals surface area contributed by atoms with Crippen molar-refractivity contribution in [2.24, 2.45) is 12.8 Å². The maximum Gasteiger partial charge on any atom is 0.293 e. The molecule has 0 bridgehead atoms. The lowest BCUT2D eigenvalue weighted by atomic mass is 9.92. The number of benzene rings is 1. The fraction of sp³-hybridized carbons (Fsp3) is 0.500. The summed E-state index contributed by atoms with van der Waals surface area (Å²) in [6, 6.07) is 9.68. The number of aromatic nitrogens is 8. The topological polar surface area (TPSA) is 219 Å². The number of imidazole rings is 1. The Bertz CT molecular complexity index is 1590. The summed E-state index contributed by atoms with van der Waals surface area (Å²) in [5, 5.41) is 29.1. The molecule has 5 N–H and O–H groups in total. The first-order chi connectivity index (χ1) is 22.0. The first kappa shape index (κ1) is 30.3. The first-order valence-corrected chi connectivity index (χ1v) is 14.7. The van der Waals surface area contributed by atoms with Gasteiger partial charge >= 0.3 is 0 Å². The summed E-state index contributed by atoms with van der Waals surface area (Å²) in [7, 11) is 1.58. The average Bonchev–Trinajstić information content (AvgIpc) is 3.76. The molecule has 6 rings (SSSR count). The van der Waals surface area contributed by atoms with Gasteiger partial charge in [0, 0.05) is 12.1 Å². The molecule has 3 aromatic heterocycles. The van der Waals surface area contributed by atoms with Gasteiger partial charge in [0.2, 0.25) is 11.8 Å². The molecular formula is C28H35N11O6. The molecule has 0 spiro atoms. The van der Waals surface area contributed by atoms with Crippen LogP contribution < -0.4 is 16.4 Å². The Hall–Kier alpha value is -4.74. The summed E-state index contributed by atoms with van der Waals surface area (Å²) in [6.07, 6.45) is 1.24. The second-order valence-corrected chi connectivity index (χ2v) is 11.2. The third-order valence-electron chi connectivity index (χ3n) is 8.08. The lowest BCUT2D eigenvalue weighted by molar-refractivity contribution is -0.151. The van der Waals surface area contributed by atoms with Crippen LogP contribution in [0.2, 0.25) is 0 Å². The van der Waals surface area contributed by atoms with Crippen molar-refractivity contribution < 1.29 is 28.9 Å². The summed E-state index contributed by atoms with van der Waals surface area (Å²) in [5.41, 5.74) is 7.90. The van der Waals surface area contributed by atoms with Crippen molar-refractivity contribution in [3.05, 3.63) is 48.0 Å². The van der Waals surface area contributed by atoms with E-state index in [1.165, 1.54) is 11.1 Å². The van der Waals surface area contributed by atoms with Crippen LogP contribution in [0.25, 0.3) is 11.2 Å². The van der Waals surface area contributed by atoms with E-state index in [2.05, 4.69) is 31.0 Å². The number of aliphatic hydroxyl groups excluding tert-OH is 1. The van der Waals surface area contributed by atoms with Gasteiger partial charge < -0.3 is 35.7 Å². The van der Waals surface area contributed by atoms with Crippen molar-refractivity contribution >= 4 is 35.9 Å². The van der Waals surface area contributed by atoms with Crippen molar-refractivity contribution in [2.75, 3.05) is 17.2 Å². The number of carbonyl (C=O) groups excluding carboxylic acids is 2. The lowest BCUT2D eigenvalue weighted by Gasteiger charge is -2.27. The molecule has 4 heterocycles. The number of anilines is 2. The van der Waals surface area contributed by atoms with E-state index in [4.69, 9.17) is 29.9 Å². The summed E-state index contributed by atoms with van der Waals surface area (Å²) in [4.78, 5) is 38.5. The van der Waals surface area contributed by atoms with Crippen molar-refractivity contribution in [3.8, 4) is 0 Å². The predicted octanol–water partition coefficient (Wildman–Crippen LogP) is 0.400. The number of nitrogens with one attached hydrogen (secondary N) is 2. The lowest BCUT2D eigenvalue weighted by Crippen LogP contribution is -2.34. The maximum absolute atomic E-state index is 11.6. The molecule has 238 valence electrons. The highest BCUT2D eigenvalue weighted by Crippen LogP contribution is 2.42. The molecule has 4 aromatic rings. The third kappa shape index (κ3) is 6.54. The number of hydrogen-bond donors (Lipinski definition) is 4. The number of nitrogens with two attached hydrogens (primary N) is 1. The van der Waals surface area contributed by atoms with Crippen LogP contribution in [0, 0.1) is 0 Å². The van der Waals surface area contributed by atoms with Gasteiger partial charge in [-0.2, -0.15) is 14.8 Å². The fourth-order valence-electron chi connectivity index (χ4n) is 5.87. The van der Waals surface area contributed by atoms with E-state index in [0.29, 0.717) is 29.4 Å². The SMILES string of the molecule is Cn1nnc([C@H]2O[C@@H](n3cnc4c(N[C@H](CO)Cc5ccccc5)nc(NC5CCC(N)CC5)nc43)[C@H](OC=O)[C@@H]2OC=O)n1. The first-order valence-electron chi connectivity index (χ1n) is 14.7. The number of rotatable bonds is 13. The van der Waals surface area contributed by atoms with Crippen LogP contribution in [0.3, 0.4) is 0 Å². The second-order valence-electron chi connectivity index (χ2n) is 11.2. The van der Waals surface area contributed by atoms with Crippen LogP contribution >= 0.6 is 0 Å². The molecule has 1 aromatic carbocycles. The minimum Gasteiger partial charge on any atom is -0.457 e. The van der Waals surface area contributed by atoms with Gasteiger partial charge in [-0.25, -0.2) is 4.98 Å². The Labute approximate surface area is 257 Å². The average molecular weight is 622 g/mol. The molecule has 0 amide bonds. The minimum atomic E-state index is -1.11. The monoisotopic (exact) mass is 621 g/mol. The predicted molar refractivity (Wildman–Crippen MR) is 157 cm³/mol. The van der Waals surface area contributed by atoms with Crippen LogP contribution in [-0.2, 0) is 37.3 Å². The Kier molecular flexibility index (Phi) is 9.08. The molecule has 5 atom stereocenters. The van der Waals surface area contributed by atoms with E-state index >= 15 is 0 Å². The van der Waals surface area contributed by atoms with E-state index < -0.39 is 24.5 Å². The number of aryl methyl sites for hydroxylation is 1. The van der Waals surface area contributed by atoms with Gasteiger partial charge in [0.15, 0.2) is 41.5 Å². The van der Waals surface area contributed by atoms with Gasteiger partial charge in [-0.1, -0.05) is 30.3 Å². The van der Waals surface area contributed by atoms with Crippen molar-refractivity contribution in [3.63, 3.8) is 0 Å². The number of aliphatic hydroxyl groups is 1. The molecule has 45 heavy (non-hydrogen) atoms. The van der Waals surface area contributed by atoms with Crippen LogP contribution in [0.5, 0.6) is 0 Å². The fourth-order valence-corrected chi connectivity index (χ4v) is 5.87. The zero-order valence-electron chi connectivity index (χ0n) is 24.5. The molecule has 1 aliphatic carbocycles. The molecule has 2 fully saturated rings. The summed E-state index contributed by atoms with van der Waals surface area (Å²) in [5.74, 6) is 0.863. The standard InChI is InChI=1S/C28H35N11O6/c1-38-36-25(35-37-38)22-21(43-14-41)23(44-15-42)27(45-22)39-13-30-20-24(31-19(12-40)11-16-5-3-2-4-6-16)33-28(34-26(20)39)32-18-9-7-17(29)8-10-18/h2-6,13-15,17-19,21-23,27,40H,7-12,29H2,1H3,(H2,31,32,33,34)/t17?,18?,19-,21+,22-,23+,27+/m0/s1. The van der Waals surface area contributed by atoms with Crippen LogP contribution in [0.15, 0.2) is 36.7 Å². The van der Waals surface area contributed by atoms with Gasteiger partial charge in [-0.05, 0) is 42.9 Å². The molecule has 1 saturated carbocycles. The van der Waals surface area contributed by atoms with Crippen LogP contribution in [0.1, 0.15) is 49.4 Å². The number of ether oxygens (including phenoxy) is 3. The van der Waals surface area contributed by atoms with Gasteiger partial charge in [-0.15, -0.1) is 10.2 Å². The van der Waals surface area contributed by atoms with Crippen molar-refractivity contribution in [2.45, 2.75) is 74.8 Å². The van der Waals surface area contributed by atoms with Crippen LogP contribution in [0.4, 0.5) is 11.8 Å². The molecular weight excluding hydrogens is 586 g/mol. The number of nitrogens with zero attached hydrogens (tertiary/aromatic N) is 8. The van der Waals surface area contributed by atoms with Gasteiger partial charge in [-0.3, -0.25) is 14.2 Å². The highest BCUT2D eigenvalue weighted by Gasteiger charge is 2.52. The quantitative estimate of drug-likeness (QED) is 0.148. The van der Waals surface area contributed by atoms with Crippen molar-refractivity contribution in [1.29, 1.82) is 0 Å².